The van der Waals surface area contributed by atoms with Crippen LogP contribution < -0.4 is 10.6 Å². The van der Waals surface area contributed by atoms with Crippen LogP contribution in [0.5, 0.6) is 0 Å². The van der Waals surface area contributed by atoms with E-state index in [1.165, 1.54) is 6.33 Å². The van der Waals surface area contributed by atoms with E-state index < -0.39 is 0 Å². The Morgan fingerprint density at radius 3 is 3.06 bits per heavy atom. The second kappa shape index (κ2) is 5.31. The SMILES string of the molecule is CCCc1c(Cl)ncnc1NC1CNC(=O)C1. The lowest BCUT2D eigenvalue weighted by atomic mass is 10.1. The zero-order chi connectivity index (χ0) is 12.3. The summed E-state index contributed by atoms with van der Waals surface area (Å²) in [5.74, 6) is 0.813. The van der Waals surface area contributed by atoms with Gasteiger partial charge in [-0.1, -0.05) is 24.9 Å². The molecule has 1 atom stereocenters. The first kappa shape index (κ1) is 12.1. The molecule has 0 radical (unpaired) electrons. The van der Waals surface area contributed by atoms with E-state index in [0.29, 0.717) is 18.1 Å². The number of rotatable bonds is 4. The molecule has 1 aliphatic heterocycles. The van der Waals surface area contributed by atoms with Gasteiger partial charge in [-0.05, 0) is 6.42 Å². The van der Waals surface area contributed by atoms with Crippen LogP contribution in [0.1, 0.15) is 25.3 Å². The fourth-order valence-electron chi connectivity index (χ4n) is 1.89. The molecule has 0 spiro atoms. The van der Waals surface area contributed by atoms with Crippen LogP contribution in [-0.2, 0) is 11.2 Å². The van der Waals surface area contributed by atoms with Crippen LogP contribution >= 0.6 is 11.6 Å². The molecule has 6 heteroatoms. The number of anilines is 1. The molecule has 1 aliphatic rings. The molecule has 0 aromatic carbocycles. The van der Waals surface area contributed by atoms with Crippen molar-refractivity contribution in [2.75, 3.05) is 11.9 Å². The molecule has 2 heterocycles. The molecule has 0 saturated carbocycles. The Morgan fingerprint density at radius 2 is 2.41 bits per heavy atom. The van der Waals surface area contributed by atoms with E-state index in [4.69, 9.17) is 11.6 Å². The first-order chi connectivity index (χ1) is 8.20. The predicted octanol–water partition coefficient (Wildman–Crippen LogP) is 1.38. The van der Waals surface area contributed by atoms with Gasteiger partial charge in [-0.2, -0.15) is 0 Å². The minimum atomic E-state index is 0.0692. The van der Waals surface area contributed by atoms with Crippen molar-refractivity contribution >= 4 is 23.3 Å². The first-order valence-corrected chi connectivity index (χ1v) is 6.11. The van der Waals surface area contributed by atoms with Crippen LogP contribution in [0.15, 0.2) is 6.33 Å². The molecule has 0 aliphatic carbocycles. The highest BCUT2D eigenvalue weighted by Crippen LogP contribution is 2.22. The number of carbonyl (C=O) groups is 1. The van der Waals surface area contributed by atoms with Gasteiger partial charge in [-0.3, -0.25) is 4.79 Å². The molecule has 2 rings (SSSR count). The van der Waals surface area contributed by atoms with Gasteiger partial charge in [0.05, 0.1) is 6.04 Å². The summed E-state index contributed by atoms with van der Waals surface area (Å²) in [5, 5.41) is 6.51. The van der Waals surface area contributed by atoms with Crippen molar-refractivity contribution in [2.45, 2.75) is 32.2 Å². The first-order valence-electron chi connectivity index (χ1n) is 5.73. The fraction of sp³-hybridized carbons (Fsp3) is 0.545. The van der Waals surface area contributed by atoms with Gasteiger partial charge in [0.2, 0.25) is 5.91 Å². The molecule has 92 valence electrons. The standard InChI is InChI=1S/C11H15ClN4O/c1-2-3-8-10(12)14-6-15-11(8)16-7-4-9(17)13-5-7/h6-7H,2-5H2,1H3,(H,13,17)(H,14,15,16). The summed E-state index contributed by atoms with van der Waals surface area (Å²) in [5.41, 5.74) is 0.927. The van der Waals surface area contributed by atoms with Crippen molar-refractivity contribution in [3.63, 3.8) is 0 Å². The number of carbonyl (C=O) groups excluding carboxylic acids is 1. The number of halogens is 1. The van der Waals surface area contributed by atoms with Crippen LogP contribution in [-0.4, -0.2) is 28.5 Å². The maximum Gasteiger partial charge on any atom is 0.222 e. The Morgan fingerprint density at radius 1 is 1.59 bits per heavy atom. The van der Waals surface area contributed by atoms with E-state index in [1.807, 2.05) is 0 Å². The largest absolute Gasteiger partial charge is 0.365 e. The lowest BCUT2D eigenvalue weighted by Crippen LogP contribution is -2.23. The molecule has 2 N–H and O–H groups in total. The summed E-state index contributed by atoms with van der Waals surface area (Å²) in [6.45, 7) is 2.71. The molecular weight excluding hydrogens is 240 g/mol. The lowest BCUT2D eigenvalue weighted by Gasteiger charge is -2.14. The quantitative estimate of drug-likeness (QED) is 0.797. The van der Waals surface area contributed by atoms with Crippen molar-refractivity contribution in [1.29, 1.82) is 0 Å². The normalized spacial score (nSPS) is 19.2. The average molecular weight is 255 g/mol. The second-order valence-electron chi connectivity index (χ2n) is 4.09. The summed E-state index contributed by atoms with van der Waals surface area (Å²) >= 11 is 6.05. The predicted molar refractivity (Wildman–Crippen MR) is 66.1 cm³/mol. The molecule has 1 saturated heterocycles. The molecule has 1 fully saturated rings. The van der Waals surface area contributed by atoms with Crippen molar-refractivity contribution in [1.82, 2.24) is 15.3 Å². The summed E-state index contributed by atoms with van der Waals surface area (Å²) in [7, 11) is 0. The summed E-state index contributed by atoms with van der Waals surface area (Å²) in [6.07, 6.45) is 3.72. The number of aromatic nitrogens is 2. The molecule has 17 heavy (non-hydrogen) atoms. The molecular formula is C11H15ClN4O. The molecule has 0 bridgehead atoms. The van der Waals surface area contributed by atoms with Gasteiger partial charge in [0.1, 0.15) is 17.3 Å². The Bertz CT molecular complexity index is 424. The Kier molecular flexibility index (Phi) is 3.78. The van der Waals surface area contributed by atoms with Crippen molar-refractivity contribution in [3.05, 3.63) is 17.0 Å². The maximum absolute atomic E-state index is 11.1. The van der Waals surface area contributed by atoms with Gasteiger partial charge in [-0.25, -0.2) is 9.97 Å². The summed E-state index contributed by atoms with van der Waals surface area (Å²) < 4.78 is 0. The number of nitrogens with one attached hydrogen (secondary N) is 2. The van der Waals surface area contributed by atoms with Gasteiger partial charge in [0.25, 0.3) is 0 Å². The smallest absolute Gasteiger partial charge is 0.222 e. The minimum Gasteiger partial charge on any atom is -0.365 e. The van der Waals surface area contributed by atoms with E-state index >= 15 is 0 Å². The molecule has 1 aromatic heterocycles. The Hall–Kier alpha value is -1.36. The third kappa shape index (κ3) is 2.85. The van der Waals surface area contributed by atoms with Gasteiger partial charge in [-0.15, -0.1) is 0 Å². The van der Waals surface area contributed by atoms with E-state index in [2.05, 4.69) is 27.5 Å². The van der Waals surface area contributed by atoms with Crippen LogP contribution in [0.25, 0.3) is 0 Å². The average Bonchev–Trinajstić information content (AvgIpc) is 2.69. The number of hydrogen-bond donors (Lipinski definition) is 2. The van der Waals surface area contributed by atoms with Gasteiger partial charge in [0, 0.05) is 18.5 Å². The maximum atomic E-state index is 11.1. The third-order valence-electron chi connectivity index (χ3n) is 2.71. The summed E-state index contributed by atoms with van der Waals surface area (Å²) in [4.78, 5) is 19.3. The van der Waals surface area contributed by atoms with Crippen LogP contribution in [0.2, 0.25) is 5.15 Å². The highest BCUT2D eigenvalue weighted by atomic mass is 35.5. The van der Waals surface area contributed by atoms with Crippen molar-refractivity contribution < 1.29 is 4.79 Å². The summed E-state index contributed by atoms with van der Waals surface area (Å²) in [6, 6.07) is 0.0871. The molecule has 5 nitrogen and oxygen atoms in total. The second-order valence-corrected chi connectivity index (χ2v) is 4.45. The number of nitrogens with zero attached hydrogens (tertiary/aromatic N) is 2. The Balaban J connectivity index is 2.14. The zero-order valence-electron chi connectivity index (χ0n) is 9.66. The molecule has 1 aromatic rings. The monoisotopic (exact) mass is 254 g/mol. The number of amides is 1. The van der Waals surface area contributed by atoms with E-state index in [9.17, 15) is 4.79 Å². The highest BCUT2D eigenvalue weighted by molar-refractivity contribution is 6.30. The van der Waals surface area contributed by atoms with Crippen LogP contribution in [0.4, 0.5) is 5.82 Å². The molecule has 1 unspecified atom stereocenters. The Labute approximate surface area is 105 Å². The van der Waals surface area contributed by atoms with Crippen LogP contribution in [0.3, 0.4) is 0 Å². The van der Waals surface area contributed by atoms with E-state index in [0.717, 1.165) is 24.2 Å². The highest BCUT2D eigenvalue weighted by Gasteiger charge is 2.22. The lowest BCUT2D eigenvalue weighted by molar-refractivity contribution is -0.119. The van der Waals surface area contributed by atoms with E-state index in [1.54, 1.807) is 0 Å². The van der Waals surface area contributed by atoms with Gasteiger partial charge < -0.3 is 10.6 Å². The topological polar surface area (TPSA) is 66.9 Å². The zero-order valence-corrected chi connectivity index (χ0v) is 10.4. The number of hydrogen-bond acceptors (Lipinski definition) is 4. The van der Waals surface area contributed by atoms with Gasteiger partial charge in [0.15, 0.2) is 0 Å². The van der Waals surface area contributed by atoms with Crippen molar-refractivity contribution in [3.8, 4) is 0 Å². The minimum absolute atomic E-state index is 0.0692. The van der Waals surface area contributed by atoms with E-state index in [-0.39, 0.29) is 11.9 Å². The molecule has 1 amide bonds. The van der Waals surface area contributed by atoms with Crippen molar-refractivity contribution in [2.24, 2.45) is 0 Å². The third-order valence-corrected chi connectivity index (χ3v) is 3.04. The fourth-order valence-corrected chi connectivity index (χ4v) is 2.11. The van der Waals surface area contributed by atoms with Gasteiger partial charge >= 0.3 is 0 Å². The van der Waals surface area contributed by atoms with Crippen LogP contribution in [0, 0.1) is 0 Å².